The molecule has 1 aromatic heterocycles. The minimum absolute atomic E-state index is 0.0249. The number of pyridine rings is 1. The Morgan fingerprint density at radius 3 is 3.09 bits per heavy atom. The van der Waals surface area contributed by atoms with Gasteiger partial charge in [-0.2, -0.15) is 0 Å². The highest BCUT2D eigenvalue weighted by atomic mass is 16.5. The zero-order valence-corrected chi connectivity index (χ0v) is 12.7. The van der Waals surface area contributed by atoms with E-state index in [1.807, 2.05) is 12.1 Å². The smallest absolute Gasteiger partial charge is 0.246 e. The number of carbonyl (C=O) groups excluding carboxylic acids is 1. The van der Waals surface area contributed by atoms with Crippen LogP contribution in [0.25, 0.3) is 0 Å². The van der Waals surface area contributed by atoms with Crippen molar-refractivity contribution in [1.29, 1.82) is 0 Å². The van der Waals surface area contributed by atoms with Crippen LogP contribution in [0.3, 0.4) is 0 Å². The maximum Gasteiger partial charge on any atom is 0.246 e. The van der Waals surface area contributed by atoms with Gasteiger partial charge in [-0.05, 0) is 18.1 Å². The zero-order valence-electron chi connectivity index (χ0n) is 12.7. The van der Waals surface area contributed by atoms with Crippen molar-refractivity contribution in [2.75, 3.05) is 33.4 Å². The van der Waals surface area contributed by atoms with E-state index in [0.717, 1.165) is 5.56 Å². The van der Waals surface area contributed by atoms with Crippen molar-refractivity contribution >= 4 is 5.91 Å². The number of likely N-dealkylation sites (tertiary alicyclic amines) is 1. The molecule has 2 rings (SSSR count). The Labute approximate surface area is 129 Å². The third kappa shape index (κ3) is 4.48. The highest BCUT2D eigenvalue weighted by Gasteiger charge is 2.40. The van der Waals surface area contributed by atoms with Crippen LogP contribution in [0.15, 0.2) is 24.5 Å². The van der Waals surface area contributed by atoms with Gasteiger partial charge in [0.15, 0.2) is 0 Å². The summed E-state index contributed by atoms with van der Waals surface area (Å²) < 4.78 is 4.72. The lowest BCUT2D eigenvalue weighted by molar-refractivity contribution is -0.134. The maximum absolute atomic E-state index is 11.4. The summed E-state index contributed by atoms with van der Waals surface area (Å²) in [6, 6.07) is 3.85. The van der Waals surface area contributed by atoms with Gasteiger partial charge in [-0.3, -0.25) is 14.7 Å². The van der Waals surface area contributed by atoms with E-state index in [4.69, 9.17) is 4.74 Å². The predicted molar refractivity (Wildman–Crippen MR) is 80.0 cm³/mol. The fourth-order valence-electron chi connectivity index (χ4n) is 2.56. The second-order valence-corrected chi connectivity index (χ2v) is 5.68. The molecule has 7 nitrogen and oxygen atoms in total. The second kappa shape index (κ2) is 7.64. The minimum atomic E-state index is -1.30. The first-order valence-corrected chi connectivity index (χ1v) is 7.31. The van der Waals surface area contributed by atoms with Crippen molar-refractivity contribution in [3.8, 4) is 0 Å². The van der Waals surface area contributed by atoms with Crippen LogP contribution in [-0.4, -0.2) is 71.1 Å². The summed E-state index contributed by atoms with van der Waals surface area (Å²) in [5.41, 5.74) is -0.233. The Morgan fingerprint density at radius 2 is 2.45 bits per heavy atom. The molecule has 7 heteroatoms. The number of aromatic nitrogens is 1. The Bertz CT molecular complexity index is 485. The van der Waals surface area contributed by atoms with E-state index in [1.54, 1.807) is 12.4 Å². The number of rotatable bonds is 6. The topological polar surface area (TPSA) is 94.9 Å². The van der Waals surface area contributed by atoms with Crippen LogP contribution in [0.4, 0.5) is 0 Å². The highest BCUT2D eigenvalue weighted by molar-refractivity contribution is 5.77. The van der Waals surface area contributed by atoms with E-state index in [2.05, 4.69) is 15.2 Å². The number of β-amino-alcohol motifs (C(OH)–C–C–N with tert-alkyl or cyclic N) is 1. The van der Waals surface area contributed by atoms with E-state index in [9.17, 15) is 15.0 Å². The number of hydrogen-bond acceptors (Lipinski definition) is 6. The molecule has 0 bridgehead atoms. The van der Waals surface area contributed by atoms with Crippen molar-refractivity contribution < 1.29 is 19.7 Å². The molecule has 22 heavy (non-hydrogen) atoms. The van der Waals surface area contributed by atoms with Crippen LogP contribution >= 0.6 is 0 Å². The van der Waals surface area contributed by atoms with Crippen molar-refractivity contribution in [2.45, 2.75) is 24.7 Å². The van der Waals surface area contributed by atoms with E-state index in [-0.39, 0.29) is 19.1 Å². The van der Waals surface area contributed by atoms with Crippen molar-refractivity contribution in [2.24, 2.45) is 0 Å². The molecule has 0 radical (unpaired) electrons. The first-order chi connectivity index (χ1) is 10.5. The molecule has 1 aliphatic heterocycles. The lowest BCUT2D eigenvalue weighted by atomic mass is 9.88. The number of nitrogens with zero attached hydrogens (tertiary/aromatic N) is 2. The molecule has 122 valence electrons. The lowest BCUT2D eigenvalue weighted by Crippen LogP contribution is -2.60. The summed E-state index contributed by atoms with van der Waals surface area (Å²) in [7, 11) is 1.43. The predicted octanol–water partition coefficient (Wildman–Crippen LogP) is -0.858. The third-order valence-corrected chi connectivity index (χ3v) is 3.91. The summed E-state index contributed by atoms with van der Waals surface area (Å²) in [4.78, 5) is 17.5. The Kier molecular flexibility index (Phi) is 5.84. The highest BCUT2D eigenvalue weighted by Crippen LogP contribution is 2.23. The minimum Gasteiger partial charge on any atom is -0.389 e. The largest absolute Gasteiger partial charge is 0.389 e. The van der Waals surface area contributed by atoms with Gasteiger partial charge in [0.25, 0.3) is 0 Å². The average molecular weight is 309 g/mol. The molecule has 0 aromatic carbocycles. The fourth-order valence-corrected chi connectivity index (χ4v) is 2.56. The number of piperidine rings is 1. The van der Waals surface area contributed by atoms with Crippen molar-refractivity contribution in [3.63, 3.8) is 0 Å². The van der Waals surface area contributed by atoms with Gasteiger partial charge in [0.05, 0.1) is 6.10 Å². The first kappa shape index (κ1) is 16.8. The molecule has 3 N–H and O–H groups in total. The average Bonchev–Trinajstić information content (AvgIpc) is 2.51. The number of methoxy groups -OCH3 is 1. The summed E-state index contributed by atoms with van der Waals surface area (Å²) >= 11 is 0. The molecule has 2 heterocycles. The summed E-state index contributed by atoms with van der Waals surface area (Å²) in [5, 5.41) is 23.3. The van der Waals surface area contributed by atoms with E-state index >= 15 is 0 Å². The Balaban J connectivity index is 1.85. The molecular formula is C15H23N3O4. The number of carbonyl (C=O) groups is 1. The van der Waals surface area contributed by atoms with Gasteiger partial charge in [-0.25, -0.2) is 0 Å². The number of ether oxygens (including phenoxy) is 1. The van der Waals surface area contributed by atoms with E-state index < -0.39 is 11.7 Å². The monoisotopic (exact) mass is 309 g/mol. The van der Waals surface area contributed by atoms with Crippen LogP contribution in [0.2, 0.25) is 0 Å². The van der Waals surface area contributed by atoms with Crippen LogP contribution in [0, 0.1) is 0 Å². The molecule has 0 unspecified atom stereocenters. The SMILES string of the molecule is COCC(=O)NC[C@]1(O)CCN(Cc2cccnc2)C[C@H]1O. The first-order valence-electron chi connectivity index (χ1n) is 7.31. The van der Waals surface area contributed by atoms with Gasteiger partial charge in [0.2, 0.25) is 5.91 Å². The molecule has 0 spiro atoms. The molecular weight excluding hydrogens is 286 g/mol. The molecule has 1 saturated heterocycles. The van der Waals surface area contributed by atoms with Crippen molar-refractivity contribution in [1.82, 2.24) is 15.2 Å². The second-order valence-electron chi connectivity index (χ2n) is 5.68. The van der Waals surface area contributed by atoms with Gasteiger partial charge in [0, 0.05) is 45.7 Å². The molecule has 0 saturated carbocycles. The number of nitrogens with one attached hydrogen (secondary N) is 1. The number of aliphatic hydroxyl groups is 2. The van der Waals surface area contributed by atoms with Crippen molar-refractivity contribution in [3.05, 3.63) is 30.1 Å². The van der Waals surface area contributed by atoms with Gasteiger partial charge >= 0.3 is 0 Å². The number of aliphatic hydroxyl groups excluding tert-OH is 1. The number of hydrogen-bond donors (Lipinski definition) is 3. The Hall–Kier alpha value is -1.54. The molecule has 1 amide bonds. The molecule has 2 atom stereocenters. The van der Waals surface area contributed by atoms with Crippen LogP contribution in [0.5, 0.6) is 0 Å². The van der Waals surface area contributed by atoms with Crippen LogP contribution < -0.4 is 5.32 Å². The van der Waals surface area contributed by atoms with Gasteiger partial charge < -0.3 is 20.3 Å². The van der Waals surface area contributed by atoms with Gasteiger partial charge in [-0.1, -0.05) is 6.07 Å². The van der Waals surface area contributed by atoms with Crippen LogP contribution in [0.1, 0.15) is 12.0 Å². The van der Waals surface area contributed by atoms with Gasteiger partial charge in [-0.15, -0.1) is 0 Å². The summed E-state index contributed by atoms with van der Waals surface area (Å²) in [6.45, 7) is 1.64. The summed E-state index contributed by atoms with van der Waals surface area (Å²) in [5.74, 6) is -0.305. The Morgan fingerprint density at radius 1 is 1.64 bits per heavy atom. The van der Waals surface area contributed by atoms with E-state index in [1.165, 1.54) is 7.11 Å². The molecule has 0 aliphatic carbocycles. The summed E-state index contributed by atoms with van der Waals surface area (Å²) in [6.07, 6.45) is 2.98. The normalized spacial score (nSPS) is 25.9. The third-order valence-electron chi connectivity index (χ3n) is 3.91. The molecule has 1 fully saturated rings. The lowest BCUT2D eigenvalue weighted by Gasteiger charge is -2.42. The molecule has 1 aliphatic rings. The molecule has 1 aromatic rings. The van der Waals surface area contributed by atoms with E-state index in [0.29, 0.717) is 26.1 Å². The zero-order chi connectivity index (χ0) is 16.0. The standard InChI is InChI=1S/C15H23N3O4/c1-22-10-14(20)17-11-15(21)4-6-18(9-13(15)19)8-12-3-2-5-16-7-12/h2-3,5,7,13,19,21H,4,6,8-11H2,1H3,(H,17,20)/t13-,15-/m1/s1. The fraction of sp³-hybridized carbons (Fsp3) is 0.600. The number of amides is 1. The quantitative estimate of drug-likeness (QED) is 0.633. The van der Waals surface area contributed by atoms with Gasteiger partial charge in [0.1, 0.15) is 12.2 Å². The van der Waals surface area contributed by atoms with Crippen LogP contribution in [-0.2, 0) is 16.1 Å². The maximum atomic E-state index is 11.4.